The number of aromatic amines is 1. The molecule has 0 bridgehead atoms. The molecule has 8 nitrogen and oxygen atoms in total. The maximum atomic E-state index is 11.3. The van der Waals surface area contributed by atoms with E-state index in [4.69, 9.17) is 4.74 Å². The van der Waals surface area contributed by atoms with E-state index in [-0.39, 0.29) is 16.7 Å². The summed E-state index contributed by atoms with van der Waals surface area (Å²) < 4.78 is 7.48. The number of hydrogen-bond donors (Lipinski definition) is 5. The highest BCUT2D eigenvalue weighted by atomic mass is 19.0. The molecule has 0 fully saturated rings. The van der Waals surface area contributed by atoms with Crippen LogP contribution in [0.25, 0.3) is 0 Å². The van der Waals surface area contributed by atoms with Gasteiger partial charge in [0.05, 0.1) is 36.9 Å². The quantitative estimate of drug-likeness (QED) is 0.217. The lowest BCUT2D eigenvalue weighted by Crippen LogP contribution is -3.00. The van der Waals surface area contributed by atoms with E-state index in [9.17, 15) is 4.79 Å². The first kappa shape index (κ1) is 22.2. The lowest BCUT2D eigenvalue weighted by Gasteiger charge is -2.15. The first-order valence-electron chi connectivity index (χ1n) is 8.78. The van der Waals surface area contributed by atoms with Crippen LogP contribution in [0.4, 0.5) is 23.0 Å². The number of imidazole rings is 1. The second-order valence-electron chi connectivity index (χ2n) is 6.31. The molecular formula is C18H29FN6O2. The van der Waals surface area contributed by atoms with Crippen molar-refractivity contribution < 1.29 is 18.8 Å². The third-order valence-corrected chi connectivity index (χ3v) is 3.61. The number of carbonyl (C=O) groups excluding carboxylic acids is 1. The van der Waals surface area contributed by atoms with E-state index in [0.29, 0.717) is 6.61 Å². The molecule has 1 amide bonds. The van der Waals surface area contributed by atoms with Crippen molar-refractivity contribution >= 4 is 28.9 Å². The van der Waals surface area contributed by atoms with Crippen molar-refractivity contribution in [2.24, 2.45) is 7.05 Å². The number of aryl methyl sites for hydroxylation is 1. The molecular weight excluding hydrogens is 351 g/mol. The minimum atomic E-state index is -0.105. The molecule has 0 spiro atoms. The van der Waals surface area contributed by atoms with Gasteiger partial charge in [-0.1, -0.05) is 0 Å². The van der Waals surface area contributed by atoms with E-state index in [1.54, 1.807) is 0 Å². The third-order valence-electron chi connectivity index (χ3n) is 3.61. The van der Waals surface area contributed by atoms with Gasteiger partial charge < -0.3 is 20.1 Å². The first-order chi connectivity index (χ1) is 12.5. The predicted molar refractivity (Wildman–Crippen MR) is 104 cm³/mol. The molecule has 0 saturated carbocycles. The molecule has 9 heteroatoms. The lowest BCUT2D eigenvalue weighted by molar-refractivity contribution is -0.655. The Hall–Kier alpha value is -2.81. The number of benzene rings is 1. The Bertz CT molecular complexity index is 720. The summed E-state index contributed by atoms with van der Waals surface area (Å²) in [6.07, 6.45) is 4.90. The number of halogens is 1. The minimum absolute atomic E-state index is 0. The van der Waals surface area contributed by atoms with Crippen molar-refractivity contribution in [3.05, 3.63) is 30.6 Å². The van der Waals surface area contributed by atoms with Gasteiger partial charge in [-0.15, -0.1) is 0 Å². The van der Waals surface area contributed by atoms with Crippen LogP contribution >= 0.6 is 0 Å². The van der Waals surface area contributed by atoms with Crippen LogP contribution in [0.3, 0.4) is 0 Å². The average Bonchev–Trinajstić information content (AvgIpc) is 2.98. The number of nitrogens with zero attached hydrogens (tertiary/aromatic N) is 1. The molecule has 0 radical (unpaired) electrons. The molecule has 5 N–H and O–H groups in total. The van der Waals surface area contributed by atoms with Gasteiger partial charge in [0, 0.05) is 25.8 Å². The molecule has 2 rings (SSSR count). The molecule has 0 atom stereocenters. The number of hydrazine groups is 1. The highest BCUT2D eigenvalue weighted by Crippen LogP contribution is 2.26. The van der Waals surface area contributed by atoms with Crippen molar-refractivity contribution in [1.82, 2.24) is 4.98 Å². The fraction of sp³-hybridized carbons (Fsp3) is 0.444. The first-order valence-corrected chi connectivity index (χ1v) is 8.78. The van der Waals surface area contributed by atoms with Crippen LogP contribution in [0, 0.1) is 0 Å². The number of nitrogens with one attached hydrogen (secondary N) is 5. The van der Waals surface area contributed by atoms with Crippen molar-refractivity contribution in [1.29, 1.82) is 0 Å². The molecule has 0 saturated heterocycles. The summed E-state index contributed by atoms with van der Waals surface area (Å²) in [5.74, 6) is 0.706. The van der Waals surface area contributed by atoms with E-state index < -0.39 is 0 Å². The number of anilines is 4. The van der Waals surface area contributed by atoms with Gasteiger partial charge in [0.15, 0.2) is 0 Å². The fourth-order valence-electron chi connectivity index (χ4n) is 2.35. The van der Waals surface area contributed by atoms with Gasteiger partial charge in [0.1, 0.15) is 0 Å². The second kappa shape index (κ2) is 11.0. The normalized spacial score (nSPS) is 10.3. The Morgan fingerprint density at radius 2 is 2.04 bits per heavy atom. The highest BCUT2D eigenvalue weighted by Gasteiger charge is 2.09. The Kier molecular flexibility index (Phi) is 9.07. The maximum Gasteiger partial charge on any atom is 0.376 e. The van der Waals surface area contributed by atoms with E-state index in [0.717, 1.165) is 36.0 Å². The van der Waals surface area contributed by atoms with Crippen LogP contribution in [0.2, 0.25) is 0 Å². The number of carbonyl (C=O) groups is 1. The van der Waals surface area contributed by atoms with Gasteiger partial charge in [-0.05, 0) is 38.5 Å². The third kappa shape index (κ3) is 7.53. The average molecular weight is 380 g/mol. The number of amides is 1. The zero-order valence-corrected chi connectivity index (χ0v) is 16.2. The van der Waals surface area contributed by atoms with Crippen LogP contribution in [0.15, 0.2) is 30.6 Å². The topological polar surface area (TPSA) is 94.1 Å². The zero-order chi connectivity index (χ0) is 18.9. The molecule has 0 aliphatic heterocycles. The van der Waals surface area contributed by atoms with Crippen molar-refractivity contribution in [2.75, 3.05) is 34.6 Å². The van der Waals surface area contributed by atoms with E-state index in [1.165, 1.54) is 6.92 Å². The Labute approximate surface area is 159 Å². The molecule has 2 aromatic rings. The summed E-state index contributed by atoms with van der Waals surface area (Å²) in [5, 5.41) is 6.20. The van der Waals surface area contributed by atoms with Crippen molar-refractivity contribution in [3.63, 3.8) is 0 Å². The Morgan fingerprint density at radius 3 is 2.67 bits per heavy atom. The number of ether oxygens (including phenoxy) is 1. The van der Waals surface area contributed by atoms with Gasteiger partial charge >= 0.3 is 5.95 Å². The number of aromatic nitrogens is 2. The molecule has 0 unspecified atom stereocenters. The molecule has 0 aliphatic rings. The van der Waals surface area contributed by atoms with Crippen LogP contribution in [-0.4, -0.2) is 30.1 Å². The van der Waals surface area contributed by atoms with Crippen LogP contribution in [-0.2, 0) is 16.6 Å². The number of hydrogen-bond acceptors (Lipinski definition) is 5. The molecule has 1 heterocycles. The molecule has 150 valence electrons. The smallest absolute Gasteiger partial charge is 0.376 e. The Balaban J connectivity index is 0.00000364. The molecule has 1 aromatic carbocycles. The number of H-pyrrole nitrogens is 1. The predicted octanol–water partition coefficient (Wildman–Crippen LogP) is -0.532. The zero-order valence-electron chi connectivity index (χ0n) is 16.2. The van der Waals surface area contributed by atoms with Gasteiger partial charge in [-0.3, -0.25) is 4.79 Å². The van der Waals surface area contributed by atoms with E-state index in [2.05, 4.69) is 26.5 Å². The maximum absolute atomic E-state index is 11.3. The molecule has 1 aromatic heterocycles. The molecule has 27 heavy (non-hydrogen) atoms. The second-order valence-corrected chi connectivity index (χ2v) is 6.31. The van der Waals surface area contributed by atoms with Gasteiger partial charge in [0.2, 0.25) is 5.91 Å². The summed E-state index contributed by atoms with van der Waals surface area (Å²) in [5.41, 5.74) is 8.80. The monoisotopic (exact) mass is 380 g/mol. The van der Waals surface area contributed by atoms with Crippen LogP contribution in [0.5, 0.6) is 0 Å². The standard InChI is InChI=1S/C18H28N6O2.FH/c1-13(2)26-11-5-8-19-16-7-6-15(21-14(3)25)12-17(16)22-23-18-20-9-10-24(18)4;/h6-7,9-10,12-13,19,22H,5,8,11H2,1-4H3,(H2,20,21,23,25);1H. The van der Waals surface area contributed by atoms with E-state index in [1.807, 2.05) is 56.1 Å². The Morgan fingerprint density at radius 1 is 1.26 bits per heavy atom. The summed E-state index contributed by atoms with van der Waals surface area (Å²) in [4.78, 5) is 14.4. The lowest BCUT2D eigenvalue weighted by atomic mass is 10.2. The van der Waals surface area contributed by atoms with Crippen molar-refractivity contribution in [2.45, 2.75) is 33.3 Å². The van der Waals surface area contributed by atoms with Gasteiger partial charge in [-0.25, -0.2) is 15.0 Å². The summed E-state index contributed by atoms with van der Waals surface area (Å²) in [7, 11) is 1.93. The van der Waals surface area contributed by atoms with Crippen LogP contribution < -0.4 is 30.8 Å². The SMILES string of the molecule is CC(=O)Nc1ccc(NCCCOC(C)C)c(NNc2[nH]cc[n+]2C)c1.[F-]. The summed E-state index contributed by atoms with van der Waals surface area (Å²) in [6.45, 7) is 7.06. The fourth-order valence-corrected chi connectivity index (χ4v) is 2.35. The van der Waals surface area contributed by atoms with Gasteiger partial charge in [-0.2, -0.15) is 5.43 Å². The minimum Gasteiger partial charge on any atom is -1.00 e. The number of rotatable bonds is 10. The van der Waals surface area contributed by atoms with Gasteiger partial charge in [0.25, 0.3) is 0 Å². The highest BCUT2D eigenvalue weighted by molar-refractivity contribution is 5.90. The van der Waals surface area contributed by atoms with Crippen molar-refractivity contribution in [3.8, 4) is 0 Å². The van der Waals surface area contributed by atoms with Crippen LogP contribution in [0.1, 0.15) is 27.2 Å². The summed E-state index contributed by atoms with van der Waals surface area (Å²) in [6, 6.07) is 5.69. The molecule has 0 aliphatic carbocycles. The van der Waals surface area contributed by atoms with E-state index >= 15 is 0 Å². The largest absolute Gasteiger partial charge is 1.00 e. The summed E-state index contributed by atoms with van der Waals surface area (Å²) >= 11 is 0.